The fourth-order valence-corrected chi connectivity index (χ4v) is 5.85. The Labute approximate surface area is 186 Å². The Bertz CT molecular complexity index is 1190. The van der Waals surface area contributed by atoms with E-state index in [4.69, 9.17) is 21.4 Å². The van der Waals surface area contributed by atoms with E-state index < -0.39 is 0 Å². The zero-order valence-electron chi connectivity index (χ0n) is 17.7. The molecule has 4 N–H and O–H groups in total. The first-order valence-corrected chi connectivity index (χ1v) is 11.7. The van der Waals surface area contributed by atoms with Gasteiger partial charge < -0.3 is 11.5 Å². The van der Waals surface area contributed by atoms with Gasteiger partial charge in [0.2, 0.25) is 0 Å². The fraction of sp³-hybridized carbons (Fsp3) is 0.320. The van der Waals surface area contributed by atoms with Crippen LogP contribution in [0.15, 0.2) is 54.9 Å². The lowest BCUT2D eigenvalue weighted by molar-refractivity contribution is 0.507. The third-order valence-electron chi connectivity index (χ3n) is 6.21. The number of hydrogen-bond donors (Lipinski definition) is 2. The minimum Gasteiger partial charge on any atom is -0.326 e. The van der Waals surface area contributed by atoms with Gasteiger partial charge in [0.1, 0.15) is 4.83 Å². The van der Waals surface area contributed by atoms with Gasteiger partial charge in [0.15, 0.2) is 5.82 Å². The molecule has 0 saturated heterocycles. The number of rotatable bonds is 5. The second-order valence-electron chi connectivity index (χ2n) is 8.58. The molecule has 5 nitrogen and oxygen atoms in total. The summed E-state index contributed by atoms with van der Waals surface area (Å²) in [5.74, 6) is 1.39. The van der Waals surface area contributed by atoms with Gasteiger partial charge in [-0.25, -0.2) is 9.97 Å². The number of pyridine rings is 1. The van der Waals surface area contributed by atoms with Crippen LogP contribution in [0.25, 0.3) is 21.6 Å². The third kappa shape index (κ3) is 3.99. The van der Waals surface area contributed by atoms with Gasteiger partial charge in [0.25, 0.3) is 0 Å². The van der Waals surface area contributed by atoms with Crippen molar-refractivity contribution in [2.75, 3.05) is 0 Å². The number of thiophene rings is 1. The molecule has 3 heterocycles. The molecule has 1 aliphatic carbocycles. The highest BCUT2D eigenvalue weighted by Gasteiger charge is 2.28. The summed E-state index contributed by atoms with van der Waals surface area (Å²) in [5, 5.41) is 1.14. The van der Waals surface area contributed by atoms with Gasteiger partial charge >= 0.3 is 0 Å². The van der Waals surface area contributed by atoms with Crippen molar-refractivity contribution in [3.63, 3.8) is 0 Å². The number of hydrogen-bond acceptors (Lipinski definition) is 6. The van der Waals surface area contributed by atoms with Gasteiger partial charge in [-0.3, -0.25) is 4.98 Å². The van der Waals surface area contributed by atoms with E-state index in [1.165, 1.54) is 22.4 Å². The molecule has 0 amide bonds. The largest absolute Gasteiger partial charge is 0.326 e. The molecule has 3 atom stereocenters. The number of nitrogens with zero attached hydrogens (tertiary/aromatic N) is 3. The Morgan fingerprint density at radius 1 is 1.06 bits per heavy atom. The first kappa shape index (κ1) is 20.2. The monoisotopic (exact) mass is 429 g/mol. The Kier molecular flexibility index (Phi) is 5.52. The summed E-state index contributed by atoms with van der Waals surface area (Å²) >= 11 is 1.80. The lowest BCUT2D eigenvalue weighted by Crippen LogP contribution is -2.36. The molecule has 5 rings (SSSR count). The standard InChI is InChI=1S/C25H27N5S/c1-15-7-8-18-20(13-15)31-25-21(18)23(29-24(30-25)17-9-11-28-12-10-17)22(27)19(26)14-16-5-3-2-4-6-16/h2-6,9-12,15,19,22H,7-8,13-14,26-27H2,1H3. The molecule has 0 saturated carbocycles. The maximum absolute atomic E-state index is 6.80. The van der Waals surface area contributed by atoms with Crippen LogP contribution in [-0.2, 0) is 19.3 Å². The maximum Gasteiger partial charge on any atom is 0.161 e. The molecular formula is C25H27N5S. The van der Waals surface area contributed by atoms with Gasteiger partial charge in [-0.15, -0.1) is 11.3 Å². The number of aryl methyl sites for hydroxylation is 1. The summed E-state index contributed by atoms with van der Waals surface area (Å²) < 4.78 is 0. The van der Waals surface area contributed by atoms with E-state index in [2.05, 4.69) is 24.0 Å². The zero-order chi connectivity index (χ0) is 21.4. The molecule has 0 fully saturated rings. The van der Waals surface area contributed by atoms with E-state index in [0.717, 1.165) is 34.3 Å². The van der Waals surface area contributed by atoms with Crippen LogP contribution in [0.4, 0.5) is 0 Å². The van der Waals surface area contributed by atoms with Gasteiger partial charge in [-0.05, 0) is 54.9 Å². The summed E-state index contributed by atoms with van der Waals surface area (Å²) in [7, 11) is 0. The molecule has 6 heteroatoms. The highest BCUT2D eigenvalue weighted by atomic mass is 32.1. The number of aromatic nitrogens is 3. The molecular weight excluding hydrogens is 402 g/mol. The van der Waals surface area contributed by atoms with Crippen LogP contribution in [0.2, 0.25) is 0 Å². The zero-order valence-corrected chi connectivity index (χ0v) is 18.5. The smallest absolute Gasteiger partial charge is 0.161 e. The van der Waals surface area contributed by atoms with Gasteiger partial charge in [0, 0.05) is 34.3 Å². The van der Waals surface area contributed by atoms with Crippen molar-refractivity contribution < 1.29 is 0 Å². The summed E-state index contributed by atoms with van der Waals surface area (Å²) in [6.07, 6.45) is 7.60. The average Bonchev–Trinajstić information content (AvgIpc) is 3.16. The average molecular weight is 430 g/mol. The highest BCUT2D eigenvalue weighted by Crippen LogP contribution is 2.40. The molecule has 3 aromatic heterocycles. The second-order valence-corrected chi connectivity index (χ2v) is 9.66. The molecule has 0 spiro atoms. The minimum atomic E-state index is -0.371. The van der Waals surface area contributed by atoms with E-state index in [1.54, 1.807) is 23.7 Å². The minimum absolute atomic E-state index is 0.233. The quantitative estimate of drug-likeness (QED) is 0.489. The summed E-state index contributed by atoms with van der Waals surface area (Å²) in [4.78, 5) is 16.5. The Hall–Kier alpha value is -2.67. The van der Waals surface area contributed by atoms with Gasteiger partial charge in [-0.1, -0.05) is 37.3 Å². The van der Waals surface area contributed by atoms with E-state index in [9.17, 15) is 0 Å². The van der Waals surface area contributed by atoms with Crippen molar-refractivity contribution in [1.29, 1.82) is 0 Å². The lowest BCUT2D eigenvalue weighted by atomic mass is 9.87. The molecule has 0 aliphatic heterocycles. The van der Waals surface area contributed by atoms with Crippen LogP contribution in [-0.4, -0.2) is 21.0 Å². The van der Waals surface area contributed by atoms with E-state index in [-0.39, 0.29) is 12.1 Å². The van der Waals surface area contributed by atoms with Crippen LogP contribution >= 0.6 is 11.3 Å². The second kappa shape index (κ2) is 8.46. The Morgan fingerprint density at radius 3 is 2.61 bits per heavy atom. The van der Waals surface area contributed by atoms with Gasteiger partial charge in [0.05, 0.1) is 11.7 Å². The SMILES string of the molecule is CC1CCc2c(sc3nc(-c4ccncc4)nc(C(N)C(N)Cc4ccccc4)c23)C1. The Balaban J connectivity index is 1.62. The normalized spacial score (nSPS) is 18.0. The molecule has 31 heavy (non-hydrogen) atoms. The van der Waals surface area contributed by atoms with E-state index in [0.29, 0.717) is 18.2 Å². The molecule has 3 unspecified atom stereocenters. The molecule has 158 valence electrons. The Morgan fingerprint density at radius 2 is 1.84 bits per heavy atom. The predicted molar refractivity (Wildman–Crippen MR) is 127 cm³/mol. The van der Waals surface area contributed by atoms with Crippen molar-refractivity contribution in [1.82, 2.24) is 15.0 Å². The summed E-state index contributed by atoms with van der Waals surface area (Å²) in [6, 6.07) is 13.6. The van der Waals surface area contributed by atoms with E-state index >= 15 is 0 Å². The molecule has 1 aromatic carbocycles. The summed E-state index contributed by atoms with van der Waals surface area (Å²) in [5.41, 5.74) is 17.8. The summed E-state index contributed by atoms with van der Waals surface area (Å²) in [6.45, 7) is 2.32. The van der Waals surface area contributed by atoms with E-state index in [1.807, 2.05) is 30.3 Å². The molecule has 4 aromatic rings. The van der Waals surface area contributed by atoms with Crippen LogP contribution in [0.5, 0.6) is 0 Å². The van der Waals surface area contributed by atoms with Crippen LogP contribution < -0.4 is 11.5 Å². The number of benzene rings is 1. The third-order valence-corrected chi connectivity index (χ3v) is 7.36. The molecule has 0 radical (unpaired) electrons. The van der Waals surface area contributed by atoms with Crippen LogP contribution in [0.1, 0.15) is 41.1 Å². The predicted octanol–water partition coefficient (Wildman–Crippen LogP) is 4.45. The van der Waals surface area contributed by atoms with Crippen molar-refractivity contribution in [2.24, 2.45) is 17.4 Å². The fourth-order valence-electron chi connectivity index (χ4n) is 4.46. The first-order chi connectivity index (χ1) is 15.1. The topological polar surface area (TPSA) is 90.7 Å². The molecule has 1 aliphatic rings. The van der Waals surface area contributed by atoms with Crippen molar-refractivity contribution in [2.45, 2.75) is 44.7 Å². The highest BCUT2D eigenvalue weighted by molar-refractivity contribution is 7.18. The maximum atomic E-state index is 6.80. The molecule has 0 bridgehead atoms. The number of nitrogens with two attached hydrogens (primary N) is 2. The first-order valence-electron chi connectivity index (χ1n) is 10.9. The lowest BCUT2D eigenvalue weighted by Gasteiger charge is -2.23. The van der Waals surface area contributed by atoms with Crippen molar-refractivity contribution >= 4 is 21.6 Å². The van der Waals surface area contributed by atoms with Crippen LogP contribution in [0.3, 0.4) is 0 Å². The van der Waals surface area contributed by atoms with Crippen molar-refractivity contribution in [3.8, 4) is 11.4 Å². The van der Waals surface area contributed by atoms with Crippen LogP contribution in [0, 0.1) is 5.92 Å². The van der Waals surface area contributed by atoms with Crippen molar-refractivity contribution in [3.05, 3.63) is 76.6 Å². The van der Waals surface area contributed by atoms with Gasteiger partial charge in [-0.2, -0.15) is 0 Å². The number of fused-ring (bicyclic) bond motifs is 3.